The van der Waals surface area contributed by atoms with Crippen LogP contribution in [0, 0.1) is 0 Å². The highest BCUT2D eigenvalue weighted by Gasteiger charge is 2.24. The lowest BCUT2D eigenvalue weighted by Gasteiger charge is -2.23. The zero-order valence-corrected chi connectivity index (χ0v) is 20.5. The summed E-state index contributed by atoms with van der Waals surface area (Å²) < 4.78 is 5.36. The number of unbranched alkanes of at least 4 members (excludes halogenated alkanes) is 6. The molecule has 1 rings (SSSR count). The molecule has 0 spiro atoms. The van der Waals surface area contributed by atoms with Crippen molar-refractivity contribution in [2.45, 2.75) is 96.6 Å². The van der Waals surface area contributed by atoms with Crippen molar-refractivity contribution in [1.82, 2.24) is 10.6 Å². The van der Waals surface area contributed by atoms with Crippen LogP contribution in [-0.4, -0.2) is 43.2 Å². The molecule has 32 heavy (non-hydrogen) atoms. The summed E-state index contributed by atoms with van der Waals surface area (Å²) in [7, 11) is 0. The highest BCUT2D eigenvalue weighted by Crippen LogP contribution is 2.13. The van der Waals surface area contributed by atoms with Crippen LogP contribution in [0.3, 0.4) is 0 Å². The van der Waals surface area contributed by atoms with E-state index in [0.29, 0.717) is 12.8 Å². The summed E-state index contributed by atoms with van der Waals surface area (Å²) in [6.45, 7) is 8.29. The molecule has 1 aromatic carbocycles. The van der Waals surface area contributed by atoms with E-state index in [9.17, 15) is 9.59 Å². The molecule has 0 aliphatic rings. The van der Waals surface area contributed by atoms with Crippen LogP contribution >= 0.6 is 0 Å². The number of ether oxygens (including phenoxy) is 1. The molecular formula is C26H45N3O3. The summed E-state index contributed by atoms with van der Waals surface area (Å²) in [4.78, 5) is 25.1. The molecule has 4 N–H and O–H groups in total. The Morgan fingerprint density at radius 3 is 2.12 bits per heavy atom. The lowest BCUT2D eigenvalue weighted by Crippen LogP contribution is -2.44. The van der Waals surface area contributed by atoms with E-state index >= 15 is 0 Å². The molecule has 6 heteroatoms. The molecular weight excluding hydrogens is 402 g/mol. The van der Waals surface area contributed by atoms with Crippen LogP contribution < -0.4 is 16.4 Å². The number of carbonyl (C=O) groups excluding carboxylic acids is 2. The van der Waals surface area contributed by atoms with E-state index < -0.39 is 17.7 Å². The van der Waals surface area contributed by atoms with Gasteiger partial charge >= 0.3 is 6.09 Å². The largest absolute Gasteiger partial charge is 0.444 e. The van der Waals surface area contributed by atoms with E-state index in [1.165, 1.54) is 25.7 Å². The molecule has 0 aromatic heterocycles. The Kier molecular flexibility index (Phi) is 14.7. The first-order chi connectivity index (χ1) is 15.3. The second-order valence-electron chi connectivity index (χ2n) is 9.47. The van der Waals surface area contributed by atoms with Crippen molar-refractivity contribution < 1.29 is 14.3 Å². The molecule has 182 valence electrons. The Morgan fingerprint density at radius 1 is 0.906 bits per heavy atom. The standard InChI is InChI=1S/C26H45N3O3/c1-26(2,3)32-25(31)29-23(21-22-15-10-9-11-16-22)24(30)17-12-7-5-4-6-8-13-19-28-20-14-18-27/h9-11,15-16,23,28H,4-8,12-14,17-21,27H2,1-3H3,(H,29,31). The molecule has 0 saturated heterocycles. The molecule has 0 aliphatic carbocycles. The Balaban J connectivity index is 2.30. The van der Waals surface area contributed by atoms with Crippen molar-refractivity contribution >= 4 is 11.9 Å². The number of carbonyl (C=O) groups is 2. The lowest BCUT2D eigenvalue weighted by molar-refractivity contribution is -0.121. The maximum Gasteiger partial charge on any atom is 0.408 e. The lowest BCUT2D eigenvalue weighted by atomic mass is 9.98. The molecule has 0 heterocycles. The second-order valence-corrected chi connectivity index (χ2v) is 9.47. The van der Waals surface area contributed by atoms with Crippen LogP contribution in [0.2, 0.25) is 0 Å². The zero-order valence-electron chi connectivity index (χ0n) is 20.5. The monoisotopic (exact) mass is 447 g/mol. The van der Waals surface area contributed by atoms with Gasteiger partial charge in [0.25, 0.3) is 0 Å². The summed E-state index contributed by atoms with van der Waals surface area (Å²) in [5.74, 6) is 0.0725. The smallest absolute Gasteiger partial charge is 0.408 e. The van der Waals surface area contributed by atoms with Crippen LogP contribution in [-0.2, 0) is 16.0 Å². The van der Waals surface area contributed by atoms with Gasteiger partial charge in [0.2, 0.25) is 0 Å². The number of benzene rings is 1. The molecule has 1 amide bonds. The van der Waals surface area contributed by atoms with Crippen LogP contribution in [0.15, 0.2) is 30.3 Å². The van der Waals surface area contributed by atoms with Crippen LogP contribution in [0.4, 0.5) is 4.79 Å². The Bertz CT molecular complexity index is 629. The number of ketones is 1. The summed E-state index contributed by atoms with van der Waals surface area (Å²) in [5, 5.41) is 6.20. The van der Waals surface area contributed by atoms with E-state index in [1.54, 1.807) is 0 Å². The van der Waals surface area contributed by atoms with Crippen LogP contribution in [0.25, 0.3) is 0 Å². The van der Waals surface area contributed by atoms with E-state index in [4.69, 9.17) is 10.5 Å². The third-order valence-electron chi connectivity index (χ3n) is 5.20. The van der Waals surface area contributed by atoms with E-state index in [0.717, 1.165) is 50.9 Å². The molecule has 0 saturated carbocycles. The average molecular weight is 448 g/mol. The molecule has 0 radical (unpaired) electrons. The van der Waals surface area contributed by atoms with E-state index in [-0.39, 0.29) is 5.78 Å². The van der Waals surface area contributed by atoms with Gasteiger partial charge in [-0.2, -0.15) is 0 Å². The molecule has 6 nitrogen and oxygen atoms in total. The van der Waals surface area contributed by atoms with E-state index in [2.05, 4.69) is 10.6 Å². The van der Waals surface area contributed by atoms with Gasteiger partial charge in [0.05, 0.1) is 6.04 Å². The molecule has 1 atom stereocenters. The van der Waals surface area contributed by atoms with Gasteiger partial charge < -0.3 is 21.1 Å². The van der Waals surface area contributed by atoms with Gasteiger partial charge in [-0.1, -0.05) is 62.4 Å². The highest BCUT2D eigenvalue weighted by atomic mass is 16.6. The van der Waals surface area contributed by atoms with Gasteiger partial charge in [-0.3, -0.25) is 4.79 Å². The fourth-order valence-corrected chi connectivity index (χ4v) is 3.50. The zero-order chi connectivity index (χ0) is 23.7. The third kappa shape index (κ3) is 15.0. The first kappa shape index (κ1) is 28.1. The number of nitrogens with one attached hydrogen (secondary N) is 2. The summed E-state index contributed by atoms with van der Waals surface area (Å²) in [5.41, 5.74) is 5.91. The topological polar surface area (TPSA) is 93.4 Å². The molecule has 0 bridgehead atoms. The molecule has 0 fully saturated rings. The maximum absolute atomic E-state index is 12.8. The second kappa shape index (κ2) is 16.7. The summed E-state index contributed by atoms with van der Waals surface area (Å²) in [6.07, 6.45) is 9.43. The number of hydrogen-bond acceptors (Lipinski definition) is 5. The number of amides is 1. The van der Waals surface area contributed by atoms with E-state index in [1.807, 2.05) is 51.1 Å². The third-order valence-corrected chi connectivity index (χ3v) is 5.20. The van der Waals surface area contributed by atoms with Crippen molar-refractivity contribution in [2.75, 3.05) is 19.6 Å². The molecule has 0 aliphatic heterocycles. The number of rotatable bonds is 17. The Morgan fingerprint density at radius 2 is 1.50 bits per heavy atom. The molecule has 1 aromatic rings. The van der Waals surface area contributed by atoms with Crippen molar-refractivity contribution in [2.24, 2.45) is 5.73 Å². The highest BCUT2D eigenvalue weighted by molar-refractivity contribution is 5.87. The predicted octanol–water partition coefficient (Wildman–Crippen LogP) is 4.75. The van der Waals surface area contributed by atoms with Gasteiger partial charge in [-0.05, 0) is 71.7 Å². The quantitative estimate of drug-likeness (QED) is 0.300. The van der Waals surface area contributed by atoms with Gasteiger partial charge in [-0.25, -0.2) is 4.79 Å². The number of Topliss-reactive ketones (excluding diaryl/α,β-unsaturated/α-hetero) is 1. The van der Waals surface area contributed by atoms with Crippen molar-refractivity contribution in [3.05, 3.63) is 35.9 Å². The van der Waals surface area contributed by atoms with Gasteiger partial charge in [0, 0.05) is 6.42 Å². The first-order valence-electron chi connectivity index (χ1n) is 12.3. The van der Waals surface area contributed by atoms with Gasteiger partial charge in [0.15, 0.2) is 5.78 Å². The minimum atomic E-state index is -0.592. The number of nitrogens with two attached hydrogens (primary N) is 1. The maximum atomic E-state index is 12.8. The number of alkyl carbamates (subject to hydrolysis) is 1. The SMILES string of the molecule is CC(C)(C)OC(=O)NC(Cc1ccccc1)C(=O)CCCCCCCCCNCCCN. The van der Waals surface area contributed by atoms with Gasteiger partial charge in [-0.15, -0.1) is 0 Å². The Labute approximate surface area is 195 Å². The summed E-state index contributed by atoms with van der Waals surface area (Å²) >= 11 is 0. The van der Waals surface area contributed by atoms with Crippen molar-refractivity contribution in [1.29, 1.82) is 0 Å². The molecule has 1 unspecified atom stereocenters. The van der Waals surface area contributed by atoms with Gasteiger partial charge in [0.1, 0.15) is 5.60 Å². The fourth-order valence-electron chi connectivity index (χ4n) is 3.50. The minimum Gasteiger partial charge on any atom is -0.444 e. The fraction of sp³-hybridized carbons (Fsp3) is 0.692. The normalized spacial score (nSPS) is 12.4. The van der Waals surface area contributed by atoms with Crippen molar-refractivity contribution in [3.63, 3.8) is 0 Å². The first-order valence-corrected chi connectivity index (χ1v) is 12.3. The predicted molar refractivity (Wildman–Crippen MR) is 132 cm³/mol. The van der Waals surface area contributed by atoms with Crippen LogP contribution in [0.5, 0.6) is 0 Å². The number of hydrogen-bond donors (Lipinski definition) is 3. The van der Waals surface area contributed by atoms with Crippen LogP contribution in [0.1, 0.15) is 84.1 Å². The average Bonchev–Trinajstić information content (AvgIpc) is 2.73. The Hall–Kier alpha value is -1.92. The summed E-state index contributed by atoms with van der Waals surface area (Å²) in [6, 6.07) is 9.23. The van der Waals surface area contributed by atoms with Crippen molar-refractivity contribution in [3.8, 4) is 0 Å². The minimum absolute atomic E-state index is 0.0725.